The zero-order valence-electron chi connectivity index (χ0n) is 13.1. The van der Waals surface area contributed by atoms with Crippen molar-refractivity contribution in [2.75, 3.05) is 13.1 Å². The van der Waals surface area contributed by atoms with Crippen LogP contribution >= 0.6 is 0 Å². The predicted molar refractivity (Wildman–Crippen MR) is 82.1 cm³/mol. The van der Waals surface area contributed by atoms with Crippen LogP contribution in [0.5, 0.6) is 0 Å². The first-order chi connectivity index (χ1) is 9.43. The van der Waals surface area contributed by atoms with Gasteiger partial charge in [0.1, 0.15) is 5.82 Å². The summed E-state index contributed by atoms with van der Waals surface area (Å²) in [5.41, 5.74) is 1.23. The zero-order valence-corrected chi connectivity index (χ0v) is 13.1. The Morgan fingerprint density at radius 3 is 2.80 bits per heavy atom. The molecule has 0 spiro atoms. The normalized spacial score (nSPS) is 28.0. The summed E-state index contributed by atoms with van der Waals surface area (Å²) in [6.07, 6.45) is 1.11. The number of hydrogen-bond acceptors (Lipinski definition) is 2. The Kier molecular flexibility index (Phi) is 4.82. The van der Waals surface area contributed by atoms with Gasteiger partial charge in [0.2, 0.25) is 0 Å². The fraction of sp³-hybridized carbons (Fsp3) is 0.647. The van der Waals surface area contributed by atoms with Gasteiger partial charge in [0, 0.05) is 31.2 Å². The fourth-order valence-electron chi connectivity index (χ4n) is 3.04. The van der Waals surface area contributed by atoms with Gasteiger partial charge in [-0.1, -0.05) is 32.9 Å². The number of halogens is 1. The molecule has 0 aromatic heterocycles. The van der Waals surface area contributed by atoms with Crippen molar-refractivity contribution in [3.8, 4) is 0 Å². The molecule has 1 fully saturated rings. The van der Waals surface area contributed by atoms with Crippen LogP contribution in [-0.2, 0) is 6.54 Å². The Labute approximate surface area is 122 Å². The van der Waals surface area contributed by atoms with Crippen LogP contribution < -0.4 is 5.32 Å². The molecule has 2 atom stereocenters. The van der Waals surface area contributed by atoms with Gasteiger partial charge in [-0.15, -0.1) is 0 Å². The van der Waals surface area contributed by atoms with E-state index in [2.05, 4.69) is 37.9 Å². The molecule has 1 aromatic rings. The number of benzene rings is 1. The van der Waals surface area contributed by atoms with E-state index < -0.39 is 0 Å². The molecule has 0 saturated carbocycles. The molecule has 1 saturated heterocycles. The first kappa shape index (κ1) is 15.5. The molecule has 1 aliphatic heterocycles. The van der Waals surface area contributed by atoms with Crippen LogP contribution in [0.4, 0.5) is 4.39 Å². The SMILES string of the molecule is CCC1(C)CN(Cc2cccc(F)c2)C(C(C)C)CN1. The van der Waals surface area contributed by atoms with Gasteiger partial charge >= 0.3 is 0 Å². The minimum absolute atomic E-state index is 0.142. The maximum atomic E-state index is 13.4. The highest BCUT2D eigenvalue weighted by Crippen LogP contribution is 2.24. The molecule has 1 N–H and O–H groups in total. The molecule has 3 heteroatoms. The van der Waals surface area contributed by atoms with Crippen molar-refractivity contribution in [2.45, 2.75) is 52.2 Å². The second-order valence-corrected chi connectivity index (χ2v) is 6.64. The van der Waals surface area contributed by atoms with Gasteiger partial charge in [0.25, 0.3) is 0 Å². The molecule has 2 nitrogen and oxygen atoms in total. The molecular weight excluding hydrogens is 251 g/mol. The first-order valence-electron chi connectivity index (χ1n) is 7.67. The number of hydrogen-bond donors (Lipinski definition) is 1. The van der Waals surface area contributed by atoms with Gasteiger partial charge in [-0.2, -0.15) is 0 Å². The summed E-state index contributed by atoms with van der Waals surface area (Å²) in [4.78, 5) is 2.51. The topological polar surface area (TPSA) is 15.3 Å². The maximum absolute atomic E-state index is 13.4. The minimum atomic E-state index is -0.142. The number of nitrogens with one attached hydrogen (secondary N) is 1. The van der Waals surface area contributed by atoms with Crippen molar-refractivity contribution in [3.05, 3.63) is 35.6 Å². The van der Waals surface area contributed by atoms with E-state index in [4.69, 9.17) is 0 Å². The van der Waals surface area contributed by atoms with Crippen LogP contribution in [0.2, 0.25) is 0 Å². The Balaban J connectivity index is 2.15. The molecule has 1 heterocycles. The summed E-state index contributed by atoms with van der Waals surface area (Å²) in [5, 5.41) is 3.69. The van der Waals surface area contributed by atoms with Crippen LogP contribution in [0.15, 0.2) is 24.3 Å². The van der Waals surface area contributed by atoms with Gasteiger partial charge in [0.05, 0.1) is 0 Å². The fourth-order valence-corrected chi connectivity index (χ4v) is 3.04. The largest absolute Gasteiger partial charge is 0.309 e. The number of piperazine rings is 1. The Bertz CT molecular complexity index is 446. The van der Waals surface area contributed by atoms with Crippen molar-refractivity contribution in [2.24, 2.45) is 5.92 Å². The molecule has 0 amide bonds. The van der Waals surface area contributed by atoms with E-state index in [1.54, 1.807) is 12.1 Å². The van der Waals surface area contributed by atoms with Crippen LogP contribution in [0.1, 0.15) is 39.7 Å². The maximum Gasteiger partial charge on any atom is 0.123 e. The van der Waals surface area contributed by atoms with E-state index >= 15 is 0 Å². The molecule has 2 rings (SSSR count). The third-order valence-electron chi connectivity index (χ3n) is 4.58. The van der Waals surface area contributed by atoms with E-state index in [0.29, 0.717) is 12.0 Å². The Morgan fingerprint density at radius 2 is 2.20 bits per heavy atom. The van der Waals surface area contributed by atoms with E-state index in [1.165, 1.54) is 6.07 Å². The van der Waals surface area contributed by atoms with Gasteiger partial charge in [-0.25, -0.2) is 4.39 Å². The smallest absolute Gasteiger partial charge is 0.123 e. The summed E-state index contributed by atoms with van der Waals surface area (Å²) in [5.74, 6) is 0.453. The predicted octanol–water partition coefficient (Wildman–Crippen LogP) is 3.42. The average molecular weight is 278 g/mol. The summed E-state index contributed by atoms with van der Waals surface area (Å²) >= 11 is 0. The molecule has 20 heavy (non-hydrogen) atoms. The Morgan fingerprint density at radius 1 is 1.45 bits per heavy atom. The summed E-state index contributed by atoms with van der Waals surface area (Å²) in [6.45, 7) is 11.9. The van der Waals surface area contributed by atoms with Crippen molar-refractivity contribution in [1.82, 2.24) is 10.2 Å². The van der Waals surface area contributed by atoms with E-state index in [9.17, 15) is 4.39 Å². The zero-order chi connectivity index (χ0) is 14.8. The molecule has 1 aliphatic rings. The summed E-state index contributed by atoms with van der Waals surface area (Å²) < 4.78 is 13.4. The van der Waals surface area contributed by atoms with Crippen LogP contribution in [0.25, 0.3) is 0 Å². The number of nitrogens with zero attached hydrogens (tertiary/aromatic N) is 1. The number of rotatable bonds is 4. The molecule has 112 valence electrons. The van der Waals surface area contributed by atoms with Crippen LogP contribution in [-0.4, -0.2) is 29.6 Å². The van der Waals surface area contributed by atoms with Crippen molar-refractivity contribution in [3.63, 3.8) is 0 Å². The van der Waals surface area contributed by atoms with Gasteiger partial charge < -0.3 is 5.32 Å². The average Bonchev–Trinajstić information content (AvgIpc) is 2.38. The molecular formula is C17H27FN2. The minimum Gasteiger partial charge on any atom is -0.309 e. The van der Waals surface area contributed by atoms with Crippen molar-refractivity contribution >= 4 is 0 Å². The molecule has 0 aliphatic carbocycles. The lowest BCUT2D eigenvalue weighted by Crippen LogP contribution is -2.63. The van der Waals surface area contributed by atoms with E-state index in [-0.39, 0.29) is 11.4 Å². The third-order valence-corrected chi connectivity index (χ3v) is 4.58. The lowest BCUT2D eigenvalue weighted by atomic mass is 9.89. The highest BCUT2D eigenvalue weighted by atomic mass is 19.1. The first-order valence-corrected chi connectivity index (χ1v) is 7.67. The standard InChI is InChI=1S/C17H27FN2/c1-5-17(4)12-20(16(10-19-17)13(2)3)11-14-7-6-8-15(18)9-14/h6-9,13,16,19H,5,10-12H2,1-4H3. The van der Waals surface area contributed by atoms with Gasteiger partial charge in [-0.05, 0) is 37.0 Å². The van der Waals surface area contributed by atoms with Gasteiger partial charge in [0.15, 0.2) is 0 Å². The second kappa shape index (κ2) is 6.23. The quantitative estimate of drug-likeness (QED) is 0.908. The summed E-state index contributed by atoms with van der Waals surface area (Å²) in [6, 6.07) is 7.50. The van der Waals surface area contributed by atoms with E-state index in [0.717, 1.165) is 31.6 Å². The van der Waals surface area contributed by atoms with E-state index in [1.807, 2.05) is 6.07 Å². The van der Waals surface area contributed by atoms with Crippen molar-refractivity contribution < 1.29 is 4.39 Å². The molecule has 2 unspecified atom stereocenters. The van der Waals surface area contributed by atoms with Crippen molar-refractivity contribution in [1.29, 1.82) is 0 Å². The highest BCUT2D eigenvalue weighted by molar-refractivity contribution is 5.16. The summed E-state index contributed by atoms with van der Waals surface area (Å²) in [7, 11) is 0. The second-order valence-electron chi connectivity index (χ2n) is 6.64. The third kappa shape index (κ3) is 3.58. The monoisotopic (exact) mass is 278 g/mol. The van der Waals surface area contributed by atoms with Gasteiger partial charge in [-0.3, -0.25) is 4.90 Å². The lowest BCUT2D eigenvalue weighted by molar-refractivity contribution is 0.0538. The Hall–Kier alpha value is -0.930. The molecule has 0 bridgehead atoms. The molecule has 1 aromatic carbocycles. The highest BCUT2D eigenvalue weighted by Gasteiger charge is 2.35. The van der Waals surface area contributed by atoms with Crippen LogP contribution in [0.3, 0.4) is 0 Å². The lowest BCUT2D eigenvalue weighted by Gasteiger charge is -2.47. The van der Waals surface area contributed by atoms with Crippen LogP contribution in [0, 0.1) is 11.7 Å². The molecule has 0 radical (unpaired) electrons.